The van der Waals surface area contributed by atoms with Crippen molar-refractivity contribution in [2.75, 3.05) is 19.6 Å². The molecule has 1 fully saturated rings. The van der Waals surface area contributed by atoms with Gasteiger partial charge in [-0.1, -0.05) is 18.2 Å². The molecule has 148 valence electrons. The number of piperidine rings is 1. The maximum Gasteiger partial charge on any atom is 0.254 e. The smallest absolute Gasteiger partial charge is 0.254 e. The van der Waals surface area contributed by atoms with Crippen LogP contribution in [0.2, 0.25) is 0 Å². The lowest BCUT2D eigenvalue weighted by molar-refractivity contribution is -0.131. The quantitative estimate of drug-likeness (QED) is 0.848. The number of hydrogen-bond donors (Lipinski definition) is 1. The third kappa shape index (κ3) is 4.79. The van der Waals surface area contributed by atoms with Crippen LogP contribution in [-0.4, -0.2) is 47.0 Å². The Morgan fingerprint density at radius 3 is 2.46 bits per heavy atom. The topological polar surface area (TPSA) is 80.6 Å². The van der Waals surface area contributed by atoms with Crippen molar-refractivity contribution in [3.8, 4) is 5.75 Å². The molecule has 0 atom stereocenters. The maximum atomic E-state index is 12.4. The van der Waals surface area contributed by atoms with Crippen molar-refractivity contribution in [2.45, 2.75) is 25.9 Å². The van der Waals surface area contributed by atoms with Gasteiger partial charge in [-0.2, -0.15) is 0 Å². The molecule has 1 aromatic heterocycles. The van der Waals surface area contributed by atoms with Gasteiger partial charge in [0.05, 0.1) is 6.54 Å². The number of ether oxygens (including phenoxy) is 1. The van der Waals surface area contributed by atoms with Gasteiger partial charge in [-0.05, 0) is 25.1 Å². The number of amides is 2. The molecule has 0 aliphatic carbocycles. The second-order valence-corrected chi connectivity index (χ2v) is 6.98. The Kier molecular flexibility index (Phi) is 6.13. The first kappa shape index (κ1) is 19.7. The number of aryl methyl sites for hydroxylation is 1. The monoisotopic (exact) mass is 383 g/mol. The Balaban J connectivity index is 1.46. The number of rotatable bonds is 5. The molecule has 0 saturated carbocycles. The summed E-state index contributed by atoms with van der Waals surface area (Å²) in [5, 5.41) is 2.67. The largest absolute Gasteiger partial charge is 0.490 e. The molecule has 2 heterocycles. The SMILES string of the molecule is Cc1cc(OC2CCN(C(=O)CNC(=O)c3ccccc3)CC2)cc(=O)n1C. The van der Waals surface area contributed by atoms with Gasteiger partial charge >= 0.3 is 0 Å². The van der Waals surface area contributed by atoms with Crippen LogP contribution in [0, 0.1) is 6.92 Å². The highest BCUT2D eigenvalue weighted by molar-refractivity contribution is 5.96. The minimum absolute atomic E-state index is 0.0207. The third-order valence-electron chi connectivity index (χ3n) is 5.01. The van der Waals surface area contributed by atoms with Crippen LogP contribution < -0.4 is 15.6 Å². The van der Waals surface area contributed by atoms with E-state index in [1.807, 2.05) is 19.1 Å². The molecule has 1 saturated heterocycles. The normalized spacial score (nSPS) is 14.6. The lowest BCUT2D eigenvalue weighted by atomic mass is 10.1. The number of pyridine rings is 1. The fourth-order valence-corrected chi connectivity index (χ4v) is 3.18. The fourth-order valence-electron chi connectivity index (χ4n) is 3.18. The summed E-state index contributed by atoms with van der Waals surface area (Å²) in [6.45, 7) is 2.97. The second-order valence-electron chi connectivity index (χ2n) is 6.98. The average Bonchev–Trinajstić information content (AvgIpc) is 2.71. The number of likely N-dealkylation sites (tertiary alicyclic amines) is 1. The summed E-state index contributed by atoms with van der Waals surface area (Å²) in [7, 11) is 1.72. The first-order valence-electron chi connectivity index (χ1n) is 9.39. The van der Waals surface area contributed by atoms with Crippen molar-refractivity contribution in [1.82, 2.24) is 14.8 Å². The summed E-state index contributed by atoms with van der Waals surface area (Å²) in [5.41, 5.74) is 1.27. The van der Waals surface area contributed by atoms with Crippen molar-refractivity contribution >= 4 is 11.8 Å². The van der Waals surface area contributed by atoms with Crippen molar-refractivity contribution in [1.29, 1.82) is 0 Å². The highest BCUT2D eigenvalue weighted by Crippen LogP contribution is 2.18. The number of aromatic nitrogens is 1. The number of carbonyl (C=O) groups excluding carboxylic acids is 2. The predicted molar refractivity (Wildman–Crippen MR) is 105 cm³/mol. The van der Waals surface area contributed by atoms with Crippen LogP contribution in [0.1, 0.15) is 28.9 Å². The first-order valence-corrected chi connectivity index (χ1v) is 9.39. The number of nitrogens with one attached hydrogen (secondary N) is 1. The van der Waals surface area contributed by atoms with Crippen molar-refractivity contribution < 1.29 is 14.3 Å². The van der Waals surface area contributed by atoms with E-state index < -0.39 is 0 Å². The van der Waals surface area contributed by atoms with Crippen LogP contribution in [0.15, 0.2) is 47.3 Å². The highest BCUT2D eigenvalue weighted by atomic mass is 16.5. The minimum Gasteiger partial charge on any atom is -0.490 e. The minimum atomic E-state index is -0.256. The van der Waals surface area contributed by atoms with E-state index in [-0.39, 0.29) is 30.0 Å². The summed E-state index contributed by atoms with van der Waals surface area (Å²) < 4.78 is 7.50. The number of carbonyl (C=O) groups is 2. The molecule has 3 rings (SSSR count). The van der Waals surface area contributed by atoms with Gasteiger partial charge in [-0.25, -0.2) is 0 Å². The van der Waals surface area contributed by atoms with Gasteiger partial charge < -0.3 is 19.5 Å². The molecule has 0 bridgehead atoms. The van der Waals surface area contributed by atoms with Crippen LogP contribution in [0.25, 0.3) is 0 Å². The Labute approximate surface area is 163 Å². The van der Waals surface area contributed by atoms with Crippen molar-refractivity contribution in [3.63, 3.8) is 0 Å². The zero-order valence-electron chi connectivity index (χ0n) is 16.2. The molecule has 2 amide bonds. The molecule has 7 heteroatoms. The molecule has 0 spiro atoms. The lowest BCUT2D eigenvalue weighted by Crippen LogP contribution is -2.46. The third-order valence-corrected chi connectivity index (χ3v) is 5.01. The summed E-state index contributed by atoms with van der Waals surface area (Å²) in [6.07, 6.45) is 1.34. The van der Waals surface area contributed by atoms with Crippen LogP contribution in [0.4, 0.5) is 0 Å². The molecule has 28 heavy (non-hydrogen) atoms. The highest BCUT2D eigenvalue weighted by Gasteiger charge is 2.24. The van der Waals surface area contributed by atoms with Gasteiger partial charge in [0, 0.05) is 50.3 Å². The van der Waals surface area contributed by atoms with E-state index in [1.165, 1.54) is 6.07 Å². The van der Waals surface area contributed by atoms with E-state index in [1.54, 1.807) is 40.8 Å². The van der Waals surface area contributed by atoms with Crippen LogP contribution in [0.5, 0.6) is 5.75 Å². The van der Waals surface area contributed by atoms with Gasteiger partial charge in [0.15, 0.2) is 0 Å². The zero-order chi connectivity index (χ0) is 20.1. The Hall–Kier alpha value is -3.09. The van der Waals surface area contributed by atoms with Gasteiger partial charge in [0.25, 0.3) is 11.5 Å². The maximum absolute atomic E-state index is 12.4. The Morgan fingerprint density at radius 1 is 1.14 bits per heavy atom. The van der Waals surface area contributed by atoms with Gasteiger partial charge in [0.2, 0.25) is 5.91 Å². The van der Waals surface area contributed by atoms with Gasteiger partial charge in [0.1, 0.15) is 11.9 Å². The standard InChI is InChI=1S/C21H25N3O4/c1-15-12-18(13-19(25)23(15)2)28-17-8-10-24(11-9-17)20(26)14-22-21(27)16-6-4-3-5-7-16/h3-7,12-13,17H,8-11,14H2,1-2H3,(H,22,27). The molecule has 1 aliphatic heterocycles. The Bertz CT molecular complexity index is 900. The molecule has 7 nitrogen and oxygen atoms in total. The Morgan fingerprint density at radius 2 is 1.82 bits per heavy atom. The lowest BCUT2D eigenvalue weighted by Gasteiger charge is -2.32. The molecular formula is C21H25N3O4. The molecule has 1 N–H and O–H groups in total. The van der Waals surface area contributed by atoms with E-state index in [9.17, 15) is 14.4 Å². The van der Waals surface area contributed by atoms with Gasteiger partial charge in [-0.15, -0.1) is 0 Å². The van der Waals surface area contributed by atoms with E-state index >= 15 is 0 Å². The second kappa shape index (κ2) is 8.73. The van der Waals surface area contributed by atoms with Crippen LogP contribution >= 0.6 is 0 Å². The van der Waals surface area contributed by atoms with Crippen LogP contribution in [-0.2, 0) is 11.8 Å². The molecule has 2 aromatic rings. The summed E-state index contributed by atoms with van der Waals surface area (Å²) >= 11 is 0. The number of hydrogen-bond acceptors (Lipinski definition) is 4. The molecular weight excluding hydrogens is 358 g/mol. The fraction of sp³-hybridized carbons (Fsp3) is 0.381. The van der Waals surface area contributed by atoms with Gasteiger partial charge in [-0.3, -0.25) is 14.4 Å². The summed E-state index contributed by atoms with van der Waals surface area (Å²) in [5.74, 6) is 0.209. The van der Waals surface area contributed by atoms with E-state index in [0.29, 0.717) is 37.2 Å². The predicted octanol–water partition coefficient (Wildman–Crippen LogP) is 1.49. The van der Waals surface area contributed by atoms with Crippen LogP contribution in [0.3, 0.4) is 0 Å². The van der Waals surface area contributed by atoms with E-state index in [4.69, 9.17) is 4.74 Å². The zero-order valence-corrected chi connectivity index (χ0v) is 16.2. The van der Waals surface area contributed by atoms with E-state index in [0.717, 1.165) is 5.69 Å². The molecule has 0 radical (unpaired) electrons. The first-order chi connectivity index (χ1) is 13.4. The molecule has 1 aromatic carbocycles. The average molecular weight is 383 g/mol. The van der Waals surface area contributed by atoms with Crippen molar-refractivity contribution in [3.05, 3.63) is 64.1 Å². The van der Waals surface area contributed by atoms with E-state index in [2.05, 4.69) is 5.32 Å². The molecule has 1 aliphatic rings. The van der Waals surface area contributed by atoms with Crippen molar-refractivity contribution in [2.24, 2.45) is 7.05 Å². The summed E-state index contributed by atoms with van der Waals surface area (Å²) in [4.78, 5) is 38.0. The number of benzene rings is 1. The summed E-state index contributed by atoms with van der Waals surface area (Å²) in [6, 6.07) is 12.2. The molecule has 0 unspecified atom stereocenters. The number of nitrogens with zero attached hydrogens (tertiary/aromatic N) is 2.